The maximum absolute atomic E-state index is 12.9. The Bertz CT molecular complexity index is 851. The second-order valence-corrected chi connectivity index (χ2v) is 6.16. The lowest BCUT2D eigenvalue weighted by Gasteiger charge is -2.21. The third kappa shape index (κ3) is 2.77. The number of carbonyl (C=O) groups excluding carboxylic acids is 1. The van der Waals surface area contributed by atoms with Gasteiger partial charge in [0.05, 0.1) is 5.52 Å². The Balaban J connectivity index is 1.76. The molecule has 0 unspecified atom stereocenters. The number of fused-ring (bicyclic) bond motifs is 1. The minimum Gasteiger partial charge on any atom is -0.459 e. The number of ether oxygens (including phenoxy) is 1. The van der Waals surface area contributed by atoms with Gasteiger partial charge in [0.2, 0.25) is 0 Å². The Hall–Kier alpha value is -2.69. The summed E-state index contributed by atoms with van der Waals surface area (Å²) in [4.78, 5) is 16.9. The number of hydrogen-bond acceptors (Lipinski definition) is 4. The lowest BCUT2D eigenvalue weighted by Crippen LogP contribution is -2.21. The molecule has 3 aromatic rings. The summed E-state index contributed by atoms with van der Waals surface area (Å²) >= 11 is 0. The van der Waals surface area contributed by atoms with E-state index in [1.54, 1.807) is 16.9 Å². The number of carbonyl (C=O) groups is 1. The Kier molecular flexibility index (Phi) is 3.99. The zero-order valence-electron chi connectivity index (χ0n) is 13.4. The van der Waals surface area contributed by atoms with Gasteiger partial charge in [0.1, 0.15) is 17.4 Å². The fourth-order valence-electron chi connectivity index (χ4n) is 3.31. The number of rotatable bonds is 3. The van der Waals surface area contributed by atoms with Gasteiger partial charge in [-0.15, -0.1) is 0 Å². The molecule has 4 rings (SSSR count). The van der Waals surface area contributed by atoms with Crippen molar-refractivity contribution in [3.05, 3.63) is 54.5 Å². The van der Waals surface area contributed by atoms with E-state index in [9.17, 15) is 4.79 Å². The second kappa shape index (κ2) is 6.43. The van der Waals surface area contributed by atoms with E-state index < -0.39 is 0 Å². The molecule has 0 bridgehead atoms. The normalized spacial score (nSPS) is 15.5. The highest BCUT2D eigenvalue weighted by molar-refractivity contribution is 6.03. The fraction of sp³-hybridized carbons (Fsp3) is 0.316. The molecule has 0 radical (unpaired) electrons. The zero-order chi connectivity index (χ0) is 16.4. The van der Waals surface area contributed by atoms with Crippen molar-refractivity contribution in [2.75, 3.05) is 0 Å². The van der Waals surface area contributed by atoms with Crippen molar-refractivity contribution in [2.45, 2.75) is 38.2 Å². The zero-order valence-corrected chi connectivity index (χ0v) is 13.4. The van der Waals surface area contributed by atoms with E-state index in [0.717, 1.165) is 36.8 Å². The van der Waals surface area contributed by atoms with Gasteiger partial charge in [-0.2, -0.15) is 5.10 Å². The Morgan fingerprint density at radius 2 is 1.88 bits per heavy atom. The molecule has 1 saturated carbocycles. The predicted molar refractivity (Wildman–Crippen MR) is 90.7 cm³/mol. The maximum Gasteiger partial charge on any atom is 0.342 e. The van der Waals surface area contributed by atoms with Crippen molar-refractivity contribution in [3.8, 4) is 11.3 Å². The number of hydrogen-bond donors (Lipinski definition) is 0. The second-order valence-electron chi connectivity index (χ2n) is 6.16. The van der Waals surface area contributed by atoms with Crippen molar-refractivity contribution in [3.63, 3.8) is 0 Å². The van der Waals surface area contributed by atoms with Crippen LogP contribution >= 0.6 is 0 Å². The van der Waals surface area contributed by atoms with Crippen molar-refractivity contribution < 1.29 is 9.53 Å². The highest BCUT2D eigenvalue weighted by atomic mass is 16.5. The van der Waals surface area contributed by atoms with Gasteiger partial charge >= 0.3 is 5.97 Å². The molecule has 0 saturated heterocycles. The lowest BCUT2D eigenvalue weighted by atomic mass is 9.97. The largest absolute Gasteiger partial charge is 0.459 e. The van der Waals surface area contributed by atoms with Gasteiger partial charge < -0.3 is 4.74 Å². The molecule has 0 amide bonds. The molecule has 122 valence electrons. The first-order valence-corrected chi connectivity index (χ1v) is 8.41. The minimum atomic E-state index is -0.282. The van der Waals surface area contributed by atoms with Crippen molar-refractivity contribution in [1.82, 2.24) is 14.6 Å². The predicted octanol–water partition coefficient (Wildman–Crippen LogP) is 3.89. The molecule has 0 aliphatic heterocycles. The SMILES string of the molecule is O=C(OC1CCCCC1)c1c(-c2ccncc2)nn2ccccc12. The van der Waals surface area contributed by atoms with Crippen LogP contribution in [-0.4, -0.2) is 26.7 Å². The first-order valence-electron chi connectivity index (χ1n) is 8.41. The summed E-state index contributed by atoms with van der Waals surface area (Å²) < 4.78 is 7.53. The van der Waals surface area contributed by atoms with Gasteiger partial charge in [0.15, 0.2) is 0 Å². The van der Waals surface area contributed by atoms with E-state index in [0.29, 0.717) is 11.3 Å². The van der Waals surface area contributed by atoms with Gasteiger partial charge in [-0.3, -0.25) is 4.98 Å². The third-order valence-corrected chi connectivity index (χ3v) is 4.52. The van der Waals surface area contributed by atoms with Gasteiger partial charge in [0.25, 0.3) is 0 Å². The molecule has 0 atom stereocenters. The molecule has 1 aliphatic rings. The number of esters is 1. The van der Waals surface area contributed by atoms with Gasteiger partial charge in [-0.05, 0) is 49.9 Å². The van der Waals surface area contributed by atoms with Crippen LogP contribution in [0.1, 0.15) is 42.5 Å². The molecular weight excluding hydrogens is 302 g/mol. The summed E-state index contributed by atoms with van der Waals surface area (Å²) in [6.45, 7) is 0. The summed E-state index contributed by atoms with van der Waals surface area (Å²) in [5, 5.41) is 4.59. The Morgan fingerprint density at radius 1 is 1.08 bits per heavy atom. The van der Waals surface area contributed by atoms with Crippen LogP contribution in [0.2, 0.25) is 0 Å². The average molecular weight is 321 g/mol. The first kappa shape index (κ1) is 14.9. The molecule has 3 heterocycles. The summed E-state index contributed by atoms with van der Waals surface area (Å²) in [7, 11) is 0. The van der Waals surface area contributed by atoms with Gasteiger partial charge in [-0.25, -0.2) is 9.31 Å². The third-order valence-electron chi connectivity index (χ3n) is 4.52. The summed E-state index contributed by atoms with van der Waals surface area (Å²) in [6.07, 6.45) is 10.7. The molecule has 1 aliphatic carbocycles. The molecule has 5 heteroatoms. The van der Waals surface area contributed by atoms with E-state index in [1.165, 1.54) is 6.42 Å². The van der Waals surface area contributed by atoms with E-state index in [-0.39, 0.29) is 12.1 Å². The Labute approximate surface area is 140 Å². The highest BCUT2D eigenvalue weighted by Crippen LogP contribution is 2.28. The van der Waals surface area contributed by atoms with Crippen LogP contribution in [0, 0.1) is 0 Å². The van der Waals surface area contributed by atoms with Crippen LogP contribution in [0.4, 0.5) is 0 Å². The molecule has 0 N–H and O–H groups in total. The van der Waals surface area contributed by atoms with Crippen LogP contribution in [0.3, 0.4) is 0 Å². The molecule has 5 nitrogen and oxygen atoms in total. The number of nitrogens with zero attached hydrogens (tertiary/aromatic N) is 3. The van der Waals surface area contributed by atoms with E-state index in [2.05, 4.69) is 10.1 Å². The number of aromatic nitrogens is 3. The van der Waals surface area contributed by atoms with Crippen LogP contribution in [0.15, 0.2) is 48.9 Å². The van der Waals surface area contributed by atoms with E-state index in [1.807, 2.05) is 36.5 Å². The Morgan fingerprint density at radius 3 is 2.67 bits per heavy atom. The average Bonchev–Trinajstić information content (AvgIpc) is 3.03. The van der Waals surface area contributed by atoms with Crippen molar-refractivity contribution in [1.29, 1.82) is 0 Å². The quantitative estimate of drug-likeness (QED) is 0.687. The van der Waals surface area contributed by atoms with Crippen LogP contribution in [0.25, 0.3) is 16.8 Å². The minimum absolute atomic E-state index is 0.0233. The smallest absolute Gasteiger partial charge is 0.342 e. The molecule has 1 fully saturated rings. The molecule has 3 aromatic heterocycles. The van der Waals surface area contributed by atoms with Crippen molar-refractivity contribution >= 4 is 11.5 Å². The maximum atomic E-state index is 12.9. The van der Waals surface area contributed by atoms with E-state index in [4.69, 9.17) is 4.74 Å². The van der Waals surface area contributed by atoms with E-state index >= 15 is 0 Å². The van der Waals surface area contributed by atoms with Crippen molar-refractivity contribution in [2.24, 2.45) is 0 Å². The van der Waals surface area contributed by atoms with Gasteiger partial charge in [-0.1, -0.05) is 12.5 Å². The summed E-state index contributed by atoms with van der Waals surface area (Å²) in [5.41, 5.74) is 2.81. The fourth-order valence-corrected chi connectivity index (χ4v) is 3.31. The summed E-state index contributed by atoms with van der Waals surface area (Å²) in [5.74, 6) is -0.282. The number of pyridine rings is 2. The molecule has 0 aromatic carbocycles. The molecular formula is C19H19N3O2. The first-order chi connectivity index (χ1) is 11.8. The standard InChI is InChI=1S/C19H19N3O2/c23-19(24-15-6-2-1-3-7-15)17-16-8-4-5-13-22(16)21-18(17)14-9-11-20-12-10-14/h4-5,8-13,15H,1-3,6-7H2. The topological polar surface area (TPSA) is 56.5 Å². The monoisotopic (exact) mass is 321 g/mol. The van der Waals surface area contributed by atoms with Crippen LogP contribution in [0.5, 0.6) is 0 Å². The highest BCUT2D eigenvalue weighted by Gasteiger charge is 2.25. The molecule has 0 spiro atoms. The lowest BCUT2D eigenvalue weighted by molar-refractivity contribution is 0.0214. The van der Waals surface area contributed by atoms with Gasteiger partial charge in [0, 0.05) is 24.2 Å². The molecule has 24 heavy (non-hydrogen) atoms. The van der Waals surface area contributed by atoms with Crippen LogP contribution < -0.4 is 0 Å². The van der Waals surface area contributed by atoms with Crippen LogP contribution in [-0.2, 0) is 4.74 Å². The summed E-state index contributed by atoms with van der Waals surface area (Å²) in [6, 6.07) is 9.42.